The summed E-state index contributed by atoms with van der Waals surface area (Å²) in [5, 5.41) is 11.2. The van der Waals surface area contributed by atoms with Gasteiger partial charge >= 0.3 is 0 Å². The minimum Gasteiger partial charge on any atom is -0.411 e. The van der Waals surface area contributed by atoms with Crippen molar-refractivity contribution >= 4 is 11.9 Å². The summed E-state index contributed by atoms with van der Waals surface area (Å²) in [6.45, 7) is 1.91. The fourth-order valence-corrected chi connectivity index (χ4v) is 0.906. The maximum Gasteiger partial charge on any atom is 0.0736 e. The second kappa shape index (κ2) is 3.05. The van der Waals surface area contributed by atoms with Crippen LogP contribution in [-0.2, 0) is 0 Å². The molecule has 0 bridgehead atoms. The van der Waals surface area contributed by atoms with Gasteiger partial charge in [0.1, 0.15) is 0 Å². The first kappa shape index (κ1) is 7.60. The fourth-order valence-electron chi connectivity index (χ4n) is 0.906. The van der Waals surface area contributed by atoms with Crippen LogP contribution in [0, 0.1) is 6.92 Å². The molecule has 0 aromatic heterocycles. The smallest absolute Gasteiger partial charge is 0.0736 e. The SMILES string of the molecule is Cc1cc(N)ccc1/C=N/O. The van der Waals surface area contributed by atoms with E-state index in [-0.39, 0.29) is 0 Å². The van der Waals surface area contributed by atoms with Gasteiger partial charge < -0.3 is 10.9 Å². The Balaban J connectivity index is 3.09. The standard InChI is InChI=1S/C8H10N2O/c1-6-4-8(9)3-2-7(6)5-10-11/h2-5,11H,9H2,1H3/b10-5+. The number of nitrogens with zero attached hydrogens (tertiary/aromatic N) is 1. The zero-order chi connectivity index (χ0) is 8.27. The third kappa shape index (κ3) is 1.70. The van der Waals surface area contributed by atoms with Crippen molar-refractivity contribution in [3.8, 4) is 0 Å². The average molecular weight is 150 g/mol. The summed E-state index contributed by atoms with van der Waals surface area (Å²) in [5.41, 5.74) is 8.12. The summed E-state index contributed by atoms with van der Waals surface area (Å²) < 4.78 is 0. The van der Waals surface area contributed by atoms with Gasteiger partial charge in [-0.15, -0.1) is 0 Å². The number of rotatable bonds is 1. The van der Waals surface area contributed by atoms with E-state index in [0.29, 0.717) is 0 Å². The maximum absolute atomic E-state index is 8.25. The lowest BCUT2D eigenvalue weighted by Crippen LogP contribution is -1.90. The molecule has 3 nitrogen and oxygen atoms in total. The van der Waals surface area contributed by atoms with Crippen LogP contribution in [0.1, 0.15) is 11.1 Å². The lowest BCUT2D eigenvalue weighted by Gasteiger charge is -1.99. The quantitative estimate of drug-likeness (QED) is 0.275. The summed E-state index contributed by atoms with van der Waals surface area (Å²) in [5.74, 6) is 0. The Hall–Kier alpha value is -1.51. The van der Waals surface area contributed by atoms with E-state index in [0.717, 1.165) is 16.8 Å². The lowest BCUT2D eigenvalue weighted by molar-refractivity contribution is 0.322. The minimum atomic E-state index is 0.720. The molecule has 0 aliphatic carbocycles. The summed E-state index contributed by atoms with van der Waals surface area (Å²) in [4.78, 5) is 0. The first-order valence-corrected chi connectivity index (χ1v) is 3.27. The van der Waals surface area contributed by atoms with Crippen LogP contribution in [-0.4, -0.2) is 11.4 Å². The highest BCUT2D eigenvalue weighted by molar-refractivity contribution is 5.81. The van der Waals surface area contributed by atoms with Crippen LogP contribution in [0.15, 0.2) is 23.4 Å². The molecular weight excluding hydrogens is 140 g/mol. The van der Waals surface area contributed by atoms with Gasteiger partial charge in [-0.3, -0.25) is 0 Å². The van der Waals surface area contributed by atoms with E-state index in [2.05, 4.69) is 5.16 Å². The van der Waals surface area contributed by atoms with E-state index in [1.165, 1.54) is 6.21 Å². The van der Waals surface area contributed by atoms with Gasteiger partial charge in [0.15, 0.2) is 0 Å². The van der Waals surface area contributed by atoms with Crippen LogP contribution in [0.3, 0.4) is 0 Å². The maximum atomic E-state index is 8.25. The Bertz CT molecular complexity index is 281. The predicted octanol–water partition coefficient (Wildman–Crippen LogP) is 1.39. The van der Waals surface area contributed by atoms with Crippen LogP contribution in [0.25, 0.3) is 0 Å². The third-order valence-corrected chi connectivity index (χ3v) is 1.49. The molecule has 0 aliphatic rings. The zero-order valence-corrected chi connectivity index (χ0v) is 6.28. The molecule has 1 rings (SSSR count). The normalized spacial score (nSPS) is 10.6. The second-order valence-electron chi connectivity index (χ2n) is 2.36. The second-order valence-corrected chi connectivity index (χ2v) is 2.36. The Morgan fingerprint density at radius 1 is 1.55 bits per heavy atom. The molecule has 11 heavy (non-hydrogen) atoms. The number of nitrogen functional groups attached to an aromatic ring is 1. The van der Waals surface area contributed by atoms with Crippen molar-refractivity contribution in [2.24, 2.45) is 5.16 Å². The van der Waals surface area contributed by atoms with Crippen LogP contribution in [0.4, 0.5) is 5.69 Å². The van der Waals surface area contributed by atoms with Crippen molar-refractivity contribution in [3.05, 3.63) is 29.3 Å². The van der Waals surface area contributed by atoms with Gasteiger partial charge in [-0.25, -0.2) is 0 Å². The van der Waals surface area contributed by atoms with Crippen molar-refractivity contribution in [2.45, 2.75) is 6.92 Å². The first-order valence-electron chi connectivity index (χ1n) is 3.27. The van der Waals surface area contributed by atoms with Gasteiger partial charge in [0.2, 0.25) is 0 Å². The number of hydrogen-bond donors (Lipinski definition) is 2. The summed E-state index contributed by atoms with van der Waals surface area (Å²) in [7, 11) is 0. The average Bonchev–Trinajstić information content (AvgIpc) is 1.95. The van der Waals surface area contributed by atoms with Crippen LogP contribution in [0.2, 0.25) is 0 Å². The molecule has 3 N–H and O–H groups in total. The van der Waals surface area contributed by atoms with Crippen molar-refractivity contribution in [3.63, 3.8) is 0 Å². The van der Waals surface area contributed by atoms with Gasteiger partial charge in [0.25, 0.3) is 0 Å². The molecule has 58 valence electrons. The van der Waals surface area contributed by atoms with Crippen LogP contribution >= 0.6 is 0 Å². The van der Waals surface area contributed by atoms with Crippen molar-refractivity contribution < 1.29 is 5.21 Å². The minimum absolute atomic E-state index is 0.720. The molecule has 0 fully saturated rings. The largest absolute Gasteiger partial charge is 0.411 e. The molecule has 3 heteroatoms. The van der Waals surface area contributed by atoms with Gasteiger partial charge in [-0.2, -0.15) is 0 Å². The van der Waals surface area contributed by atoms with Crippen LogP contribution in [0.5, 0.6) is 0 Å². The molecule has 0 radical (unpaired) electrons. The molecule has 0 amide bonds. The third-order valence-electron chi connectivity index (χ3n) is 1.49. The Kier molecular flexibility index (Phi) is 2.11. The molecule has 1 aromatic carbocycles. The highest BCUT2D eigenvalue weighted by Crippen LogP contribution is 2.09. The molecular formula is C8H10N2O. The van der Waals surface area contributed by atoms with Crippen LogP contribution < -0.4 is 5.73 Å². The van der Waals surface area contributed by atoms with E-state index >= 15 is 0 Å². The lowest BCUT2D eigenvalue weighted by atomic mass is 10.1. The van der Waals surface area contributed by atoms with Crippen molar-refractivity contribution in [1.82, 2.24) is 0 Å². The van der Waals surface area contributed by atoms with E-state index in [4.69, 9.17) is 10.9 Å². The summed E-state index contributed by atoms with van der Waals surface area (Å²) in [6, 6.07) is 5.41. The molecule has 0 heterocycles. The van der Waals surface area contributed by atoms with E-state index < -0.39 is 0 Å². The molecule has 0 atom stereocenters. The van der Waals surface area contributed by atoms with E-state index in [1.54, 1.807) is 6.07 Å². The van der Waals surface area contributed by atoms with Gasteiger partial charge in [-0.05, 0) is 30.2 Å². The van der Waals surface area contributed by atoms with Gasteiger partial charge in [0, 0.05) is 5.69 Å². The topological polar surface area (TPSA) is 58.6 Å². The van der Waals surface area contributed by atoms with E-state index in [1.807, 2.05) is 19.1 Å². The Labute approximate surface area is 65.1 Å². The number of benzene rings is 1. The van der Waals surface area contributed by atoms with Gasteiger partial charge in [0.05, 0.1) is 6.21 Å². The highest BCUT2D eigenvalue weighted by Gasteiger charge is 1.93. The monoisotopic (exact) mass is 150 g/mol. The molecule has 1 aromatic rings. The summed E-state index contributed by atoms with van der Waals surface area (Å²) in [6.07, 6.45) is 1.38. The number of aryl methyl sites for hydroxylation is 1. The zero-order valence-electron chi connectivity index (χ0n) is 6.28. The predicted molar refractivity (Wildman–Crippen MR) is 45.0 cm³/mol. The molecule has 0 aliphatic heterocycles. The molecule has 0 unspecified atom stereocenters. The Morgan fingerprint density at radius 2 is 2.27 bits per heavy atom. The highest BCUT2D eigenvalue weighted by atomic mass is 16.4. The Morgan fingerprint density at radius 3 is 2.82 bits per heavy atom. The molecule has 0 saturated carbocycles. The van der Waals surface area contributed by atoms with Crippen molar-refractivity contribution in [1.29, 1.82) is 0 Å². The number of oxime groups is 1. The van der Waals surface area contributed by atoms with Crippen molar-refractivity contribution in [2.75, 3.05) is 5.73 Å². The van der Waals surface area contributed by atoms with E-state index in [9.17, 15) is 0 Å². The summed E-state index contributed by atoms with van der Waals surface area (Å²) >= 11 is 0. The molecule has 0 spiro atoms. The molecule has 0 saturated heterocycles. The number of nitrogens with two attached hydrogens (primary N) is 1. The number of hydrogen-bond acceptors (Lipinski definition) is 3. The first-order chi connectivity index (χ1) is 5.24. The fraction of sp³-hybridized carbons (Fsp3) is 0.125. The number of anilines is 1. The van der Waals surface area contributed by atoms with Gasteiger partial charge in [-0.1, -0.05) is 11.2 Å².